The Bertz CT molecular complexity index is 395. The molecule has 0 aliphatic carbocycles. The first-order valence-electron chi connectivity index (χ1n) is 5.40. The number of nitro groups is 1. The number of nitro benzene ring substituents is 1. The van der Waals surface area contributed by atoms with E-state index < -0.39 is 0 Å². The van der Waals surface area contributed by atoms with Crippen LogP contribution < -0.4 is 10.2 Å². The molecule has 1 saturated heterocycles. The lowest BCUT2D eigenvalue weighted by molar-refractivity contribution is -0.384. The van der Waals surface area contributed by atoms with Gasteiger partial charge in [0.1, 0.15) is 5.69 Å². The van der Waals surface area contributed by atoms with Gasteiger partial charge in [-0.3, -0.25) is 10.1 Å². The fourth-order valence-corrected chi connectivity index (χ4v) is 2.04. The normalized spacial score (nSPS) is 20.8. The third-order valence-corrected chi connectivity index (χ3v) is 2.79. The van der Waals surface area contributed by atoms with E-state index in [0.717, 1.165) is 25.3 Å². The van der Waals surface area contributed by atoms with Crippen molar-refractivity contribution >= 4 is 11.4 Å². The summed E-state index contributed by atoms with van der Waals surface area (Å²) in [5.74, 6) is 0. The van der Waals surface area contributed by atoms with Crippen molar-refractivity contribution in [2.24, 2.45) is 0 Å². The zero-order valence-electron chi connectivity index (χ0n) is 9.22. The van der Waals surface area contributed by atoms with Crippen molar-refractivity contribution in [3.8, 4) is 0 Å². The van der Waals surface area contributed by atoms with Gasteiger partial charge in [0, 0.05) is 31.7 Å². The monoisotopic (exact) mass is 221 g/mol. The summed E-state index contributed by atoms with van der Waals surface area (Å²) in [4.78, 5) is 12.7. The summed E-state index contributed by atoms with van der Waals surface area (Å²) in [6, 6.07) is 7.29. The van der Waals surface area contributed by atoms with Crippen LogP contribution >= 0.6 is 0 Å². The van der Waals surface area contributed by atoms with E-state index in [9.17, 15) is 10.1 Å². The second-order valence-electron chi connectivity index (χ2n) is 4.05. The molecule has 0 bridgehead atoms. The molecular formula is C11H15N3O2. The van der Waals surface area contributed by atoms with E-state index in [4.69, 9.17) is 0 Å². The van der Waals surface area contributed by atoms with Gasteiger partial charge in [-0.2, -0.15) is 0 Å². The Labute approximate surface area is 94.2 Å². The SMILES string of the molecule is C[C@H]1CN(c2ccccc2[N+](=O)[O-])CCN1. The van der Waals surface area contributed by atoms with Gasteiger partial charge >= 0.3 is 0 Å². The van der Waals surface area contributed by atoms with Gasteiger partial charge in [-0.25, -0.2) is 0 Å². The Kier molecular flexibility index (Phi) is 3.05. The van der Waals surface area contributed by atoms with Gasteiger partial charge < -0.3 is 10.2 Å². The summed E-state index contributed by atoms with van der Waals surface area (Å²) in [6.07, 6.45) is 0. The van der Waals surface area contributed by atoms with E-state index in [1.165, 1.54) is 0 Å². The predicted molar refractivity (Wildman–Crippen MR) is 62.8 cm³/mol. The lowest BCUT2D eigenvalue weighted by Crippen LogP contribution is -2.49. The van der Waals surface area contributed by atoms with Crippen LogP contribution in [0.3, 0.4) is 0 Å². The molecular weight excluding hydrogens is 206 g/mol. The molecule has 86 valence electrons. The fraction of sp³-hybridized carbons (Fsp3) is 0.455. The lowest BCUT2D eigenvalue weighted by Gasteiger charge is -2.33. The van der Waals surface area contributed by atoms with Crippen molar-refractivity contribution in [2.45, 2.75) is 13.0 Å². The Hall–Kier alpha value is -1.62. The Morgan fingerprint density at radius 1 is 1.50 bits per heavy atom. The summed E-state index contributed by atoms with van der Waals surface area (Å²) in [7, 11) is 0. The summed E-state index contributed by atoms with van der Waals surface area (Å²) in [5.41, 5.74) is 0.914. The van der Waals surface area contributed by atoms with Crippen molar-refractivity contribution in [3.05, 3.63) is 34.4 Å². The van der Waals surface area contributed by atoms with Crippen LogP contribution in [0.4, 0.5) is 11.4 Å². The molecule has 5 nitrogen and oxygen atoms in total. The van der Waals surface area contributed by atoms with Crippen molar-refractivity contribution in [1.82, 2.24) is 5.32 Å². The molecule has 0 amide bonds. The number of hydrogen-bond acceptors (Lipinski definition) is 4. The molecule has 2 rings (SSSR count). The zero-order valence-corrected chi connectivity index (χ0v) is 9.22. The minimum absolute atomic E-state index is 0.191. The van der Waals surface area contributed by atoms with Crippen LogP contribution in [0.25, 0.3) is 0 Å². The smallest absolute Gasteiger partial charge is 0.292 e. The maximum atomic E-state index is 10.9. The average Bonchev–Trinajstić information content (AvgIpc) is 2.29. The number of rotatable bonds is 2. The summed E-state index contributed by atoms with van der Waals surface area (Å²) >= 11 is 0. The molecule has 1 aromatic carbocycles. The Morgan fingerprint density at radius 3 is 2.94 bits per heavy atom. The van der Waals surface area contributed by atoms with E-state index in [2.05, 4.69) is 17.1 Å². The first-order valence-corrected chi connectivity index (χ1v) is 5.40. The van der Waals surface area contributed by atoms with Gasteiger partial charge in [-0.05, 0) is 13.0 Å². The van der Waals surface area contributed by atoms with Gasteiger partial charge in [0.05, 0.1) is 4.92 Å². The van der Waals surface area contributed by atoms with Crippen molar-refractivity contribution < 1.29 is 4.92 Å². The third-order valence-electron chi connectivity index (χ3n) is 2.79. The Morgan fingerprint density at radius 2 is 2.25 bits per heavy atom. The number of benzene rings is 1. The number of nitrogens with zero attached hydrogens (tertiary/aromatic N) is 2. The number of para-hydroxylation sites is 2. The Balaban J connectivity index is 2.28. The molecule has 0 unspecified atom stereocenters. The second kappa shape index (κ2) is 4.49. The van der Waals surface area contributed by atoms with E-state index >= 15 is 0 Å². The fourth-order valence-electron chi connectivity index (χ4n) is 2.04. The topological polar surface area (TPSA) is 58.4 Å². The molecule has 1 fully saturated rings. The van der Waals surface area contributed by atoms with Crippen LogP contribution in [0.15, 0.2) is 24.3 Å². The highest BCUT2D eigenvalue weighted by Gasteiger charge is 2.22. The minimum atomic E-state index is -0.317. The van der Waals surface area contributed by atoms with Crippen LogP contribution in [0.5, 0.6) is 0 Å². The molecule has 16 heavy (non-hydrogen) atoms. The van der Waals surface area contributed by atoms with E-state index in [0.29, 0.717) is 6.04 Å². The molecule has 0 spiro atoms. The van der Waals surface area contributed by atoms with Crippen molar-refractivity contribution in [1.29, 1.82) is 0 Å². The molecule has 1 aliphatic rings. The molecule has 0 aromatic heterocycles. The number of piperazine rings is 1. The van der Waals surface area contributed by atoms with Gasteiger partial charge in [0.15, 0.2) is 0 Å². The maximum absolute atomic E-state index is 10.9. The largest absolute Gasteiger partial charge is 0.363 e. The van der Waals surface area contributed by atoms with Crippen LogP contribution in [0.2, 0.25) is 0 Å². The zero-order chi connectivity index (χ0) is 11.5. The number of hydrogen-bond donors (Lipinski definition) is 1. The first-order chi connectivity index (χ1) is 7.68. The third kappa shape index (κ3) is 2.14. The second-order valence-corrected chi connectivity index (χ2v) is 4.05. The molecule has 5 heteroatoms. The predicted octanol–water partition coefficient (Wildman–Crippen LogP) is 1.39. The first kappa shape index (κ1) is 10.9. The van der Waals surface area contributed by atoms with Gasteiger partial charge in [-0.1, -0.05) is 12.1 Å². The molecule has 0 radical (unpaired) electrons. The van der Waals surface area contributed by atoms with Crippen LogP contribution in [-0.2, 0) is 0 Å². The van der Waals surface area contributed by atoms with Gasteiger partial charge in [0.2, 0.25) is 0 Å². The standard InChI is InChI=1S/C11H15N3O2/c1-9-8-13(7-6-12-9)10-4-2-3-5-11(10)14(15)16/h2-5,9,12H,6-8H2,1H3/t9-/m0/s1. The van der Waals surface area contributed by atoms with E-state index in [1.807, 2.05) is 12.1 Å². The highest BCUT2D eigenvalue weighted by atomic mass is 16.6. The summed E-state index contributed by atoms with van der Waals surface area (Å²) < 4.78 is 0. The average molecular weight is 221 g/mol. The number of anilines is 1. The van der Waals surface area contributed by atoms with Gasteiger partial charge in [0.25, 0.3) is 5.69 Å². The van der Waals surface area contributed by atoms with Crippen molar-refractivity contribution in [3.63, 3.8) is 0 Å². The van der Waals surface area contributed by atoms with Gasteiger partial charge in [-0.15, -0.1) is 0 Å². The summed E-state index contributed by atoms with van der Waals surface area (Å²) in [5, 5.41) is 14.2. The quantitative estimate of drug-likeness (QED) is 0.605. The lowest BCUT2D eigenvalue weighted by atomic mass is 10.2. The molecule has 1 heterocycles. The highest BCUT2D eigenvalue weighted by molar-refractivity contribution is 5.63. The molecule has 1 N–H and O–H groups in total. The van der Waals surface area contributed by atoms with Crippen LogP contribution in [-0.4, -0.2) is 30.6 Å². The van der Waals surface area contributed by atoms with Crippen LogP contribution in [0.1, 0.15) is 6.92 Å². The van der Waals surface area contributed by atoms with E-state index in [1.54, 1.807) is 12.1 Å². The van der Waals surface area contributed by atoms with Crippen molar-refractivity contribution in [2.75, 3.05) is 24.5 Å². The van der Waals surface area contributed by atoms with E-state index in [-0.39, 0.29) is 10.6 Å². The summed E-state index contributed by atoms with van der Waals surface area (Å²) in [6.45, 7) is 4.58. The minimum Gasteiger partial charge on any atom is -0.363 e. The molecule has 1 aliphatic heterocycles. The number of nitrogens with one attached hydrogen (secondary N) is 1. The maximum Gasteiger partial charge on any atom is 0.292 e. The molecule has 0 saturated carbocycles. The highest BCUT2D eigenvalue weighted by Crippen LogP contribution is 2.28. The molecule has 1 atom stereocenters. The van der Waals surface area contributed by atoms with Crippen LogP contribution in [0, 0.1) is 10.1 Å². The molecule has 1 aromatic rings.